The highest BCUT2D eigenvalue weighted by Gasteiger charge is 2.14. The van der Waals surface area contributed by atoms with Crippen molar-refractivity contribution < 1.29 is 23.8 Å². The van der Waals surface area contributed by atoms with Crippen molar-refractivity contribution in [3.05, 3.63) is 81.5 Å². The number of carbonyl (C=O) groups is 2. The molecule has 0 spiro atoms. The molecule has 248 valence electrons. The van der Waals surface area contributed by atoms with Gasteiger partial charge in [-0.15, -0.1) is 11.3 Å². The summed E-state index contributed by atoms with van der Waals surface area (Å²) < 4.78 is 17.0. The van der Waals surface area contributed by atoms with Gasteiger partial charge in [0.25, 0.3) is 0 Å². The minimum absolute atomic E-state index is 0.0916. The van der Waals surface area contributed by atoms with Crippen LogP contribution in [0.2, 0.25) is 0 Å². The van der Waals surface area contributed by atoms with E-state index in [1.165, 1.54) is 88.4 Å². The van der Waals surface area contributed by atoms with Crippen molar-refractivity contribution in [1.82, 2.24) is 0 Å². The highest BCUT2D eigenvalue weighted by molar-refractivity contribution is 7.14. The Balaban J connectivity index is 1.35. The van der Waals surface area contributed by atoms with E-state index in [1.54, 1.807) is 30.3 Å². The normalized spacial score (nSPS) is 11.4. The van der Waals surface area contributed by atoms with Crippen LogP contribution in [-0.4, -0.2) is 24.6 Å². The fraction of sp³-hybridized carbons (Fsp3) is 0.500. The van der Waals surface area contributed by atoms with Crippen molar-refractivity contribution in [2.24, 2.45) is 0 Å². The van der Waals surface area contributed by atoms with Crippen LogP contribution in [0.15, 0.2) is 60.7 Å². The molecule has 1 atom stereocenters. The van der Waals surface area contributed by atoms with Crippen molar-refractivity contribution in [2.45, 2.75) is 123 Å². The van der Waals surface area contributed by atoms with Crippen LogP contribution in [0.4, 0.5) is 0 Å². The van der Waals surface area contributed by atoms with E-state index in [9.17, 15) is 9.59 Å². The summed E-state index contributed by atoms with van der Waals surface area (Å²) >= 11 is 1.33. The molecule has 3 aromatic rings. The minimum Gasteiger partial charge on any atom is -0.494 e. The van der Waals surface area contributed by atoms with Crippen LogP contribution in [0.1, 0.15) is 148 Å². The van der Waals surface area contributed by atoms with Crippen molar-refractivity contribution >= 4 is 23.3 Å². The fourth-order valence-electron chi connectivity index (χ4n) is 5.05. The molecule has 2 aromatic carbocycles. The molecular weight excluding hydrogens is 593 g/mol. The summed E-state index contributed by atoms with van der Waals surface area (Å²) in [5.41, 5.74) is 1.25. The largest absolute Gasteiger partial charge is 0.494 e. The zero-order valence-corrected chi connectivity index (χ0v) is 28.9. The molecule has 0 N–H and O–H groups in total. The Morgan fingerprint density at radius 3 is 1.89 bits per heavy atom. The Bertz CT molecular complexity index is 1350. The lowest BCUT2D eigenvalue weighted by Crippen LogP contribution is -2.14. The molecule has 46 heavy (non-hydrogen) atoms. The lowest BCUT2D eigenvalue weighted by Gasteiger charge is -2.12. The van der Waals surface area contributed by atoms with Crippen molar-refractivity contribution in [3.63, 3.8) is 0 Å². The number of benzene rings is 2. The number of esters is 2. The molecule has 0 amide bonds. The second-order valence-electron chi connectivity index (χ2n) is 11.9. The summed E-state index contributed by atoms with van der Waals surface area (Å²) in [5.74, 6) is 6.71. The summed E-state index contributed by atoms with van der Waals surface area (Å²) in [5, 5.41) is 0. The molecule has 0 aliphatic rings. The number of unbranched alkanes of at least 4 members (excludes halogenated alkanes) is 12. The van der Waals surface area contributed by atoms with Gasteiger partial charge in [-0.3, -0.25) is 0 Å². The minimum atomic E-state index is -0.423. The highest BCUT2D eigenvalue weighted by Crippen LogP contribution is 2.20. The van der Waals surface area contributed by atoms with Gasteiger partial charge in [0.1, 0.15) is 16.4 Å². The van der Waals surface area contributed by atoms with E-state index in [1.807, 2.05) is 37.3 Å². The molecule has 1 heterocycles. The van der Waals surface area contributed by atoms with Crippen LogP contribution < -0.4 is 9.47 Å². The molecule has 0 aliphatic carbocycles. The van der Waals surface area contributed by atoms with Gasteiger partial charge in [-0.05, 0) is 86.8 Å². The van der Waals surface area contributed by atoms with Crippen LogP contribution in [0.25, 0.3) is 0 Å². The first-order chi connectivity index (χ1) is 22.5. The van der Waals surface area contributed by atoms with Crippen LogP contribution >= 0.6 is 11.3 Å². The van der Waals surface area contributed by atoms with Gasteiger partial charge in [-0.25, -0.2) is 9.59 Å². The number of ether oxygens (including phenoxy) is 3. The molecule has 0 aliphatic heterocycles. The van der Waals surface area contributed by atoms with Crippen LogP contribution in [0.5, 0.6) is 11.5 Å². The van der Waals surface area contributed by atoms with E-state index in [0.717, 1.165) is 35.5 Å². The molecule has 6 heteroatoms. The first kappa shape index (κ1) is 36.9. The Hall–Kier alpha value is -3.56. The van der Waals surface area contributed by atoms with Crippen molar-refractivity contribution in [3.8, 4) is 23.3 Å². The van der Waals surface area contributed by atoms with Gasteiger partial charge >= 0.3 is 11.9 Å². The second-order valence-corrected chi connectivity index (χ2v) is 13.0. The molecule has 0 radical (unpaired) electrons. The SMILES string of the molecule is CCCCCCCCCCCCOc1ccc(C(=O)Oc2ccc(C#Cc3ccc(C(=O)OC(C)CCCCCC)s3)cc2)cc1. The third-order valence-electron chi connectivity index (χ3n) is 7.83. The Labute approximate surface area is 281 Å². The van der Waals surface area contributed by atoms with Crippen LogP contribution in [0.3, 0.4) is 0 Å². The zero-order chi connectivity index (χ0) is 32.8. The number of hydrogen-bond acceptors (Lipinski definition) is 6. The van der Waals surface area contributed by atoms with E-state index < -0.39 is 5.97 Å². The topological polar surface area (TPSA) is 61.8 Å². The van der Waals surface area contributed by atoms with Gasteiger partial charge in [0.05, 0.1) is 23.2 Å². The Morgan fingerprint density at radius 1 is 0.652 bits per heavy atom. The van der Waals surface area contributed by atoms with E-state index in [0.29, 0.717) is 22.8 Å². The first-order valence-electron chi connectivity index (χ1n) is 17.4. The molecule has 3 rings (SSSR count). The molecule has 0 fully saturated rings. The maximum Gasteiger partial charge on any atom is 0.348 e. The summed E-state index contributed by atoms with van der Waals surface area (Å²) in [6.07, 6.45) is 18.4. The summed E-state index contributed by atoms with van der Waals surface area (Å²) in [7, 11) is 0. The standard InChI is InChI=1S/C40H52O5S/c1-4-6-8-10-11-12-13-14-15-17-31-43-35-26-22-34(23-27-35)39(41)45-36-24-19-33(20-25-36)21-28-37-29-30-38(46-37)40(42)44-32(3)18-16-9-7-5-2/h19-20,22-27,29-30,32H,4-18,31H2,1-3H3. The maximum absolute atomic E-state index is 12.7. The van der Waals surface area contributed by atoms with Gasteiger partial charge in [-0.1, -0.05) is 103 Å². The molecule has 0 bridgehead atoms. The molecule has 0 saturated carbocycles. The number of carbonyl (C=O) groups excluding carboxylic acids is 2. The molecule has 5 nitrogen and oxygen atoms in total. The lowest BCUT2D eigenvalue weighted by atomic mass is 10.1. The Kier molecular flexibility index (Phi) is 17.7. The van der Waals surface area contributed by atoms with Crippen molar-refractivity contribution in [2.75, 3.05) is 6.61 Å². The predicted molar refractivity (Wildman–Crippen MR) is 189 cm³/mol. The van der Waals surface area contributed by atoms with Gasteiger partial charge in [-0.2, -0.15) is 0 Å². The average Bonchev–Trinajstić information content (AvgIpc) is 3.55. The molecule has 0 saturated heterocycles. The second kappa shape index (κ2) is 22.0. The molecule has 1 aromatic heterocycles. The third kappa shape index (κ3) is 14.7. The van der Waals surface area contributed by atoms with Crippen LogP contribution in [-0.2, 0) is 4.74 Å². The van der Waals surface area contributed by atoms with Crippen molar-refractivity contribution in [1.29, 1.82) is 0 Å². The highest BCUT2D eigenvalue weighted by atomic mass is 32.1. The van der Waals surface area contributed by atoms with E-state index in [-0.39, 0.29) is 12.1 Å². The van der Waals surface area contributed by atoms with E-state index in [2.05, 4.69) is 25.7 Å². The maximum atomic E-state index is 12.7. The number of thiophene rings is 1. The summed E-state index contributed by atoms with van der Waals surface area (Å²) in [6, 6.07) is 17.8. The smallest absolute Gasteiger partial charge is 0.348 e. The first-order valence-corrected chi connectivity index (χ1v) is 18.2. The van der Waals surface area contributed by atoms with Crippen LogP contribution in [0, 0.1) is 11.8 Å². The molecule has 1 unspecified atom stereocenters. The number of hydrogen-bond donors (Lipinski definition) is 0. The third-order valence-corrected chi connectivity index (χ3v) is 8.81. The summed E-state index contributed by atoms with van der Waals surface area (Å²) in [4.78, 5) is 26.5. The monoisotopic (exact) mass is 644 g/mol. The number of rotatable bonds is 21. The summed E-state index contributed by atoms with van der Waals surface area (Å²) in [6.45, 7) is 7.08. The van der Waals surface area contributed by atoms with E-state index in [4.69, 9.17) is 14.2 Å². The lowest BCUT2D eigenvalue weighted by molar-refractivity contribution is 0.0325. The van der Waals surface area contributed by atoms with Gasteiger partial charge in [0.2, 0.25) is 0 Å². The average molecular weight is 645 g/mol. The molecular formula is C40H52O5S. The van der Waals surface area contributed by atoms with Gasteiger partial charge in [0.15, 0.2) is 0 Å². The zero-order valence-electron chi connectivity index (χ0n) is 28.1. The van der Waals surface area contributed by atoms with E-state index >= 15 is 0 Å². The Morgan fingerprint density at radius 2 is 1.24 bits per heavy atom. The fourth-order valence-corrected chi connectivity index (χ4v) is 5.79. The predicted octanol–water partition coefficient (Wildman–Crippen LogP) is 11.2. The van der Waals surface area contributed by atoms with Gasteiger partial charge < -0.3 is 14.2 Å². The quantitative estimate of drug-likeness (QED) is 0.0500. The van der Waals surface area contributed by atoms with Gasteiger partial charge in [0, 0.05) is 5.56 Å².